The van der Waals surface area contributed by atoms with E-state index < -0.39 is 35.5 Å². The van der Waals surface area contributed by atoms with Crippen LogP contribution in [0.1, 0.15) is 26.3 Å². The van der Waals surface area contributed by atoms with Crippen molar-refractivity contribution < 1.29 is 37.1 Å². The highest BCUT2D eigenvalue weighted by Gasteiger charge is 2.30. The van der Waals surface area contributed by atoms with Gasteiger partial charge in [-0.05, 0) is 54.1 Å². The molecule has 7 nitrogen and oxygen atoms in total. The number of aromatic nitrogens is 1. The van der Waals surface area contributed by atoms with Crippen LogP contribution in [0.5, 0.6) is 0 Å². The standard InChI is InChI=1S/C25H17F4N3O4/c26-16-7-10-21-19(12-16)20(31-24(36)30-17-8-5-15(6-9-17)25(27,28)29)13-32(21)22(33)11-14-3-1-2-4-18(14)23(34)35/h1-10,12-13H,11H2,(H,34,35)(H2,30,31,36). The highest BCUT2D eigenvalue weighted by molar-refractivity contribution is 6.08. The summed E-state index contributed by atoms with van der Waals surface area (Å²) in [5.74, 6) is -2.35. The molecule has 0 atom stereocenters. The van der Waals surface area contributed by atoms with Crippen LogP contribution in [-0.4, -0.2) is 27.6 Å². The number of halogens is 4. The van der Waals surface area contributed by atoms with Crippen LogP contribution in [0.25, 0.3) is 10.9 Å². The summed E-state index contributed by atoms with van der Waals surface area (Å²) >= 11 is 0. The van der Waals surface area contributed by atoms with E-state index in [0.29, 0.717) is 0 Å². The smallest absolute Gasteiger partial charge is 0.416 e. The predicted molar refractivity (Wildman–Crippen MR) is 124 cm³/mol. The number of fused-ring (bicyclic) bond motifs is 1. The van der Waals surface area contributed by atoms with Gasteiger partial charge < -0.3 is 15.7 Å². The molecule has 0 unspecified atom stereocenters. The van der Waals surface area contributed by atoms with Crippen molar-refractivity contribution in [2.75, 3.05) is 10.6 Å². The normalized spacial score (nSPS) is 11.3. The van der Waals surface area contributed by atoms with Gasteiger partial charge in [0.25, 0.3) is 0 Å². The first-order valence-electron chi connectivity index (χ1n) is 10.4. The van der Waals surface area contributed by atoms with E-state index in [1.165, 1.54) is 35.0 Å². The molecular weight excluding hydrogens is 482 g/mol. The predicted octanol–water partition coefficient (Wildman–Crippen LogP) is 6.02. The minimum Gasteiger partial charge on any atom is -0.478 e. The number of rotatable bonds is 5. The maximum atomic E-state index is 14.0. The highest BCUT2D eigenvalue weighted by atomic mass is 19.4. The van der Waals surface area contributed by atoms with Crippen LogP contribution < -0.4 is 10.6 Å². The summed E-state index contributed by atoms with van der Waals surface area (Å²) in [6.07, 6.45) is -3.53. The van der Waals surface area contributed by atoms with Crippen LogP contribution in [0.3, 0.4) is 0 Å². The van der Waals surface area contributed by atoms with E-state index in [1.54, 1.807) is 6.07 Å². The van der Waals surface area contributed by atoms with E-state index in [9.17, 15) is 37.1 Å². The molecule has 4 rings (SSSR count). The van der Waals surface area contributed by atoms with E-state index in [4.69, 9.17) is 0 Å². The lowest BCUT2D eigenvalue weighted by Crippen LogP contribution is -2.19. The van der Waals surface area contributed by atoms with Crippen LogP contribution in [0.15, 0.2) is 72.9 Å². The number of amides is 2. The summed E-state index contributed by atoms with van der Waals surface area (Å²) in [6, 6.07) is 12.5. The van der Waals surface area contributed by atoms with E-state index in [-0.39, 0.29) is 39.8 Å². The fraction of sp³-hybridized carbons (Fsp3) is 0.0800. The first kappa shape index (κ1) is 24.5. The fourth-order valence-corrected chi connectivity index (χ4v) is 3.67. The lowest BCUT2D eigenvalue weighted by Gasteiger charge is -2.09. The molecule has 0 bridgehead atoms. The largest absolute Gasteiger partial charge is 0.478 e. The molecule has 0 aliphatic rings. The molecule has 4 aromatic rings. The summed E-state index contributed by atoms with van der Waals surface area (Å²) in [5.41, 5.74) is -0.240. The second-order valence-electron chi connectivity index (χ2n) is 7.76. The molecule has 0 spiro atoms. The fourth-order valence-electron chi connectivity index (χ4n) is 3.67. The van der Waals surface area contributed by atoms with Crippen molar-refractivity contribution in [1.82, 2.24) is 4.57 Å². The SMILES string of the molecule is O=C(Nc1ccc(C(F)(F)F)cc1)Nc1cn(C(=O)Cc2ccccc2C(=O)O)c2ccc(F)cc12. The maximum absolute atomic E-state index is 14.0. The van der Waals surface area contributed by atoms with Crippen LogP contribution >= 0.6 is 0 Å². The number of carboxylic acids is 1. The van der Waals surface area contributed by atoms with Crippen LogP contribution in [0.4, 0.5) is 33.7 Å². The molecule has 1 aromatic heterocycles. The second kappa shape index (κ2) is 9.53. The van der Waals surface area contributed by atoms with Gasteiger partial charge in [-0.1, -0.05) is 18.2 Å². The molecule has 1 heterocycles. The Hall–Kier alpha value is -4.67. The molecule has 0 aliphatic carbocycles. The summed E-state index contributed by atoms with van der Waals surface area (Å²) in [7, 11) is 0. The minimum atomic E-state index is -4.52. The lowest BCUT2D eigenvalue weighted by molar-refractivity contribution is -0.137. The zero-order chi connectivity index (χ0) is 26.0. The number of carbonyl (C=O) groups is 3. The van der Waals surface area contributed by atoms with Crippen molar-refractivity contribution >= 4 is 40.2 Å². The van der Waals surface area contributed by atoms with Gasteiger partial charge in [0.1, 0.15) is 5.82 Å². The zero-order valence-corrected chi connectivity index (χ0v) is 18.3. The van der Waals surface area contributed by atoms with Gasteiger partial charge in [-0.15, -0.1) is 0 Å². The maximum Gasteiger partial charge on any atom is 0.416 e. The summed E-state index contributed by atoms with van der Waals surface area (Å²) in [5, 5.41) is 14.4. The van der Waals surface area contributed by atoms with Crippen molar-refractivity contribution in [3.63, 3.8) is 0 Å². The molecule has 0 saturated heterocycles. The Morgan fingerprint density at radius 2 is 1.61 bits per heavy atom. The Kier molecular flexibility index (Phi) is 6.47. The Balaban J connectivity index is 1.59. The molecule has 2 amide bonds. The quantitative estimate of drug-likeness (QED) is 0.292. The summed E-state index contributed by atoms with van der Waals surface area (Å²) in [4.78, 5) is 37.0. The Morgan fingerprint density at radius 3 is 2.28 bits per heavy atom. The van der Waals surface area contributed by atoms with Gasteiger partial charge in [-0.2, -0.15) is 13.2 Å². The third-order valence-corrected chi connectivity index (χ3v) is 5.34. The van der Waals surface area contributed by atoms with Crippen molar-refractivity contribution in [2.24, 2.45) is 0 Å². The molecule has 0 radical (unpaired) electrons. The topological polar surface area (TPSA) is 100 Å². The average Bonchev–Trinajstić information content (AvgIpc) is 3.16. The minimum absolute atomic E-state index is 0.0392. The van der Waals surface area contributed by atoms with Crippen LogP contribution in [0.2, 0.25) is 0 Å². The number of aromatic carboxylic acids is 1. The highest BCUT2D eigenvalue weighted by Crippen LogP contribution is 2.30. The van der Waals surface area contributed by atoms with Gasteiger partial charge in [-0.3, -0.25) is 9.36 Å². The first-order chi connectivity index (χ1) is 17.0. The van der Waals surface area contributed by atoms with E-state index in [2.05, 4.69) is 10.6 Å². The van der Waals surface area contributed by atoms with Crippen molar-refractivity contribution in [2.45, 2.75) is 12.6 Å². The number of urea groups is 1. The summed E-state index contributed by atoms with van der Waals surface area (Å²) < 4.78 is 53.3. The monoisotopic (exact) mass is 499 g/mol. The molecule has 0 aliphatic heterocycles. The number of nitrogens with one attached hydrogen (secondary N) is 2. The van der Waals surface area contributed by atoms with Gasteiger partial charge in [0.15, 0.2) is 0 Å². The number of hydrogen-bond acceptors (Lipinski definition) is 3. The van der Waals surface area contributed by atoms with Gasteiger partial charge in [0.05, 0.1) is 28.8 Å². The second-order valence-corrected chi connectivity index (χ2v) is 7.76. The van der Waals surface area contributed by atoms with Crippen LogP contribution in [0, 0.1) is 5.82 Å². The van der Waals surface area contributed by atoms with E-state index in [0.717, 1.165) is 36.4 Å². The van der Waals surface area contributed by atoms with Gasteiger partial charge in [0.2, 0.25) is 5.91 Å². The number of carbonyl (C=O) groups excluding carboxylic acids is 2. The number of hydrogen-bond donors (Lipinski definition) is 3. The third kappa shape index (κ3) is 5.19. The molecule has 36 heavy (non-hydrogen) atoms. The Bertz CT molecular complexity index is 1480. The first-order valence-corrected chi connectivity index (χ1v) is 10.4. The molecule has 11 heteroatoms. The van der Waals surface area contributed by atoms with Gasteiger partial charge >= 0.3 is 18.2 Å². The average molecular weight is 499 g/mol. The van der Waals surface area contributed by atoms with Gasteiger partial charge in [-0.25, -0.2) is 14.0 Å². The van der Waals surface area contributed by atoms with Crippen molar-refractivity contribution in [1.29, 1.82) is 0 Å². The van der Waals surface area contributed by atoms with Crippen LogP contribution in [-0.2, 0) is 12.6 Å². The van der Waals surface area contributed by atoms with E-state index >= 15 is 0 Å². The Morgan fingerprint density at radius 1 is 0.917 bits per heavy atom. The molecule has 3 N–H and O–H groups in total. The summed E-state index contributed by atoms with van der Waals surface area (Å²) in [6.45, 7) is 0. The number of nitrogens with zero attached hydrogens (tertiary/aromatic N) is 1. The lowest BCUT2D eigenvalue weighted by atomic mass is 10.0. The molecule has 3 aromatic carbocycles. The number of carboxylic acid groups (broad SMARTS) is 1. The molecule has 0 saturated carbocycles. The van der Waals surface area contributed by atoms with Crippen molar-refractivity contribution in [3.8, 4) is 0 Å². The van der Waals surface area contributed by atoms with Crippen molar-refractivity contribution in [3.05, 3.63) is 95.4 Å². The zero-order valence-electron chi connectivity index (χ0n) is 18.3. The number of anilines is 2. The molecule has 184 valence electrons. The van der Waals surface area contributed by atoms with E-state index in [1.807, 2.05) is 0 Å². The molecular formula is C25H17F4N3O4. The Labute approximate surface area is 201 Å². The van der Waals surface area contributed by atoms with Gasteiger partial charge in [0, 0.05) is 17.3 Å². The number of benzene rings is 3. The molecule has 0 fully saturated rings. The third-order valence-electron chi connectivity index (χ3n) is 5.34. The number of alkyl halides is 3.